The van der Waals surface area contributed by atoms with Crippen LogP contribution in [0, 0.1) is 0 Å². The Morgan fingerprint density at radius 3 is 2.61 bits per heavy atom. The molecule has 0 aliphatic carbocycles. The maximum absolute atomic E-state index is 5.14. The summed E-state index contributed by atoms with van der Waals surface area (Å²) < 4.78 is 5.14. The fourth-order valence-electron chi connectivity index (χ4n) is 4.53. The van der Waals surface area contributed by atoms with Crippen molar-refractivity contribution in [2.24, 2.45) is 4.99 Å². The van der Waals surface area contributed by atoms with Gasteiger partial charge in [0.25, 0.3) is 0 Å². The molecule has 1 spiro atoms. The van der Waals surface area contributed by atoms with Crippen LogP contribution in [0.2, 0.25) is 0 Å². The summed E-state index contributed by atoms with van der Waals surface area (Å²) in [6.07, 6.45) is 7.27. The molecule has 1 aromatic carbocycles. The van der Waals surface area contributed by atoms with E-state index in [-0.39, 0.29) is 5.54 Å². The summed E-state index contributed by atoms with van der Waals surface area (Å²) in [5, 5.41) is 1.06. The third-order valence-electron chi connectivity index (χ3n) is 6.16. The Balaban J connectivity index is 1.53. The highest BCUT2D eigenvalue weighted by atomic mass is 32.2. The fraction of sp³-hybridized carbons (Fsp3) is 0.455. The molecule has 5 nitrogen and oxygen atoms in total. The van der Waals surface area contributed by atoms with Gasteiger partial charge in [-0.1, -0.05) is 36.0 Å². The van der Waals surface area contributed by atoms with E-state index in [1.54, 1.807) is 25.1 Å². The second-order valence-corrected chi connectivity index (χ2v) is 8.28. The van der Waals surface area contributed by atoms with Gasteiger partial charge in [-0.05, 0) is 49.8 Å². The molecule has 6 heteroatoms. The minimum absolute atomic E-state index is 0.163. The molecular weight excluding hydrogens is 368 g/mol. The number of amidine groups is 1. The Bertz CT molecular complexity index is 844. The number of benzene rings is 1. The predicted octanol–water partition coefficient (Wildman–Crippen LogP) is 3.92. The van der Waals surface area contributed by atoms with Crippen molar-refractivity contribution in [2.75, 3.05) is 40.0 Å². The Morgan fingerprint density at radius 1 is 1.14 bits per heavy atom. The van der Waals surface area contributed by atoms with E-state index >= 15 is 0 Å². The number of ether oxygens (including phenoxy) is 1. The first kappa shape index (κ1) is 19.3. The molecule has 4 rings (SSSR count). The average Bonchev–Trinajstić information content (AvgIpc) is 2.76. The number of piperidine rings is 1. The monoisotopic (exact) mass is 396 g/mol. The molecule has 0 radical (unpaired) electrons. The molecule has 3 heterocycles. The molecule has 148 valence electrons. The maximum atomic E-state index is 5.14. The zero-order valence-electron chi connectivity index (χ0n) is 16.9. The maximum Gasteiger partial charge on any atom is 0.213 e. The molecule has 28 heavy (non-hydrogen) atoms. The van der Waals surface area contributed by atoms with Gasteiger partial charge in [-0.25, -0.2) is 9.98 Å². The lowest BCUT2D eigenvalue weighted by Crippen LogP contribution is -2.55. The molecule has 0 saturated carbocycles. The lowest BCUT2D eigenvalue weighted by atomic mass is 9.74. The standard InChI is InChI=1S/C22H28N4OS/c1-25-13-10-17-6-4-5-7-19(17)22(25)11-14-26(15-12-22)21(28-3)24-18-8-9-20(27-2)23-16-18/h4-9,16H,10-15H2,1-3H3/b24-21-. The van der Waals surface area contributed by atoms with Crippen LogP contribution in [-0.4, -0.2) is 60.0 Å². The molecule has 1 saturated heterocycles. The number of aromatic nitrogens is 1. The second kappa shape index (κ2) is 8.13. The highest BCUT2D eigenvalue weighted by Crippen LogP contribution is 2.43. The molecule has 0 unspecified atom stereocenters. The van der Waals surface area contributed by atoms with Gasteiger partial charge in [-0.2, -0.15) is 0 Å². The fourth-order valence-corrected chi connectivity index (χ4v) is 5.17. The van der Waals surface area contributed by atoms with E-state index in [0.717, 1.165) is 49.8 Å². The molecular formula is C22H28N4OS. The predicted molar refractivity (Wildman–Crippen MR) is 117 cm³/mol. The summed E-state index contributed by atoms with van der Waals surface area (Å²) in [5.41, 5.74) is 4.09. The van der Waals surface area contributed by atoms with E-state index in [1.165, 1.54) is 11.1 Å². The van der Waals surface area contributed by atoms with Crippen LogP contribution in [0.3, 0.4) is 0 Å². The van der Waals surface area contributed by atoms with Crippen LogP contribution >= 0.6 is 11.8 Å². The van der Waals surface area contributed by atoms with E-state index < -0.39 is 0 Å². The second-order valence-electron chi connectivity index (χ2n) is 7.50. The van der Waals surface area contributed by atoms with Gasteiger partial charge in [-0.15, -0.1) is 0 Å². The first-order valence-electron chi connectivity index (χ1n) is 9.83. The number of nitrogens with zero attached hydrogens (tertiary/aromatic N) is 4. The van der Waals surface area contributed by atoms with E-state index in [2.05, 4.69) is 52.4 Å². The smallest absolute Gasteiger partial charge is 0.213 e. The number of pyridine rings is 1. The van der Waals surface area contributed by atoms with Gasteiger partial charge < -0.3 is 9.64 Å². The molecule has 2 aliphatic rings. The van der Waals surface area contributed by atoms with Gasteiger partial charge in [0.15, 0.2) is 5.17 Å². The highest BCUT2D eigenvalue weighted by molar-refractivity contribution is 8.13. The number of hydrogen-bond acceptors (Lipinski definition) is 5. The molecule has 0 amide bonds. The molecule has 1 aromatic heterocycles. The summed E-state index contributed by atoms with van der Waals surface area (Å²) >= 11 is 1.71. The molecule has 2 aliphatic heterocycles. The Labute approximate surface area is 171 Å². The van der Waals surface area contributed by atoms with Crippen molar-refractivity contribution in [2.45, 2.75) is 24.8 Å². The molecule has 1 fully saturated rings. The average molecular weight is 397 g/mol. The molecule has 0 atom stereocenters. The first-order valence-corrected chi connectivity index (χ1v) is 11.1. The van der Waals surface area contributed by atoms with Crippen LogP contribution in [0.15, 0.2) is 47.6 Å². The number of methoxy groups -OCH3 is 1. The van der Waals surface area contributed by atoms with Crippen LogP contribution in [0.1, 0.15) is 24.0 Å². The van der Waals surface area contributed by atoms with Crippen LogP contribution in [0.5, 0.6) is 5.88 Å². The number of fused-ring (bicyclic) bond motifs is 2. The van der Waals surface area contributed by atoms with Crippen molar-refractivity contribution in [1.29, 1.82) is 0 Å². The molecule has 0 bridgehead atoms. The third-order valence-corrected chi connectivity index (χ3v) is 6.88. The summed E-state index contributed by atoms with van der Waals surface area (Å²) in [5.74, 6) is 0.614. The largest absolute Gasteiger partial charge is 0.481 e. The van der Waals surface area contributed by atoms with Crippen molar-refractivity contribution in [1.82, 2.24) is 14.8 Å². The van der Waals surface area contributed by atoms with Gasteiger partial charge in [0.2, 0.25) is 5.88 Å². The van der Waals surface area contributed by atoms with E-state index in [1.807, 2.05) is 12.1 Å². The number of thioether (sulfide) groups is 1. The van der Waals surface area contributed by atoms with Crippen molar-refractivity contribution in [3.8, 4) is 5.88 Å². The van der Waals surface area contributed by atoms with Gasteiger partial charge in [-0.3, -0.25) is 4.90 Å². The summed E-state index contributed by atoms with van der Waals surface area (Å²) in [6.45, 7) is 3.17. The van der Waals surface area contributed by atoms with Gasteiger partial charge in [0.1, 0.15) is 0 Å². The van der Waals surface area contributed by atoms with Crippen LogP contribution in [-0.2, 0) is 12.0 Å². The van der Waals surface area contributed by atoms with Gasteiger partial charge in [0.05, 0.1) is 19.0 Å². The Kier molecular flexibility index (Phi) is 5.60. The minimum Gasteiger partial charge on any atom is -0.481 e. The van der Waals surface area contributed by atoms with Crippen LogP contribution in [0.4, 0.5) is 5.69 Å². The normalized spacial score (nSPS) is 19.5. The summed E-state index contributed by atoms with van der Waals surface area (Å²) in [4.78, 5) is 14.1. The SMILES string of the molecule is COc1ccc(/N=C(\SC)N2CCC3(CC2)c2ccccc2CCN3C)cn1. The van der Waals surface area contributed by atoms with Crippen molar-refractivity contribution < 1.29 is 4.74 Å². The van der Waals surface area contributed by atoms with Crippen LogP contribution < -0.4 is 4.74 Å². The number of rotatable bonds is 2. The van der Waals surface area contributed by atoms with Crippen molar-refractivity contribution in [3.63, 3.8) is 0 Å². The Morgan fingerprint density at radius 2 is 1.93 bits per heavy atom. The molecule has 0 N–H and O–H groups in total. The molecule has 2 aromatic rings. The lowest BCUT2D eigenvalue weighted by Gasteiger charge is -2.51. The quantitative estimate of drug-likeness (QED) is 0.568. The van der Waals surface area contributed by atoms with Crippen molar-refractivity contribution in [3.05, 3.63) is 53.7 Å². The van der Waals surface area contributed by atoms with Crippen molar-refractivity contribution >= 4 is 22.6 Å². The number of likely N-dealkylation sites (N-methyl/N-ethyl adjacent to an activating group) is 1. The highest BCUT2D eigenvalue weighted by Gasteiger charge is 2.43. The van der Waals surface area contributed by atoms with Gasteiger partial charge >= 0.3 is 0 Å². The topological polar surface area (TPSA) is 41.0 Å². The van der Waals surface area contributed by atoms with E-state index in [9.17, 15) is 0 Å². The number of hydrogen-bond donors (Lipinski definition) is 0. The lowest BCUT2D eigenvalue weighted by molar-refractivity contribution is 0.0475. The number of likely N-dealkylation sites (tertiary alicyclic amines) is 1. The zero-order valence-corrected chi connectivity index (χ0v) is 17.7. The Hall–Kier alpha value is -2.05. The minimum atomic E-state index is 0.163. The van der Waals surface area contributed by atoms with Crippen LogP contribution in [0.25, 0.3) is 0 Å². The van der Waals surface area contributed by atoms with E-state index in [4.69, 9.17) is 9.73 Å². The zero-order chi connectivity index (χ0) is 19.6. The third kappa shape index (κ3) is 3.51. The first-order chi connectivity index (χ1) is 13.7. The van der Waals surface area contributed by atoms with Gasteiger partial charge in [0, 0.05) is 31.2 Å². The summed E-state index contributed by atoms with van der Waals surface area (Å²) in [6, 6.07) is 12.8. The van der Waals surface area contributed by atoms with E-state index in [0.29, 0.717) is 5.88 Å². The number of aliphatic imine (C=N–C) groups is 1. The summed E-state index contributed by atoms with van der Waals surface area (Å²) in [7, 11) is 3.92.